The number of thiazole rings is 1. The number of nitrogens with one attached hydrogen (secondary N) is 1. The molecule has 1 fully saturated rings. The quantitative estimate of drug-likeness (QED) is 0.684. The molecule has 4 rings (SSSR count). The zero-order chi connectivity index (χ0) is 15.6. The minimum Gasteiger partial charge on any atom is -0.351 e. The third kappa shape index (κ3) is 3.71. The molecule has 0 amide bonds. The SMILES string of the molecule is Clc1ccc(Cc2nnc(NC(c3nccs3)C3CC3)s2)cc1. The van der Waals surface area contributed by atoms with E-state index in [-0.39, 0.29) is 6.04 Å². The van der Waals surface area contributed by atoms with E-state index in [0.29, 0.717) is 5.92 Å². The molecule has 1 N–H and O–H groups in total. The molecule has 2 heterocycles. The van der Waals surface area contributed by atoms with Crippen LogP contribution in [-0.4, -0.2) is 15.2 Å². The van der Waals surface area contributed by atoms with Crippen molar-refractivity contribution in [2.24, 2.45) is 5.92 Å². The molecule has 1 atom stereocenters. The van der Waals surface area contributed by atoms with E-state index in [9.17, 15) is 0 Å². The zero-order valence-electron chi connectivity index (χ0n) is 12.3. The van der Waals surface area contributed by atoms with E-state index in [4.69, 9.17) is 11.6 Å². The smallest absolute Gasteiger partial charge is 0.206 e. The van der Waals surface area contributed by atoms with Crippen LogP contribution in [0.3, 0.4) is 0 Å². The molecule has 0 spiro atoms. The maximum atomic E-state index is 5.92. The summed E-state index contributed by atoms with van der Waals surface area (Å²) in [6, 6.07) is 8.13. The maximum absolute atomic E-state index is 5.92. The van der Waals surface area contributed by atoms with Crippen molar-refractivity contribution in [1.82, 2.24) is 15.2 Å². The van der Waals surface area contributed by atoms with E-state index in [1.54, 1.807) is 22.7 Å². The first kappa shape index (κ1) is 15.1. The van der Waals surface area contributed by atoms with Crippen LogP contribution >= 0.6 is 34.3 Å². The van der Waals surface area contributed by atoms with Gasteiger partial charge >= 0.3 is 0 Å². The number of aromatic nitrogens is 3. The summed E-state index contributed by atoms with van der Waals surface area (Å²) >= 11 is 9.23. The third-order valence-electron chi connectivity index (χ3n) is 3.83. The van der Waals surface area contributed by atoms with E-state index in [0.717, 1.165) is 26.6 Å². The van der Waals surface area contributed by atoms with E-state index < -0.39 is 0 Å². The van der Waals surface area contributed by atoms with Crippen molar-refractivity contribution in [2.45, 2.75) is 25.3 Å². The van der Waals surface area contributed by atoms with Crippen LogP contribution in [0.25, 0.3) is 0 Å². The van der Waals surface area contributed by atoms with Gasteiger partial charge in [-0.25, -0.2) is 4.98 Å². The molecule has 1 saturated carbocycles. The fourth-order valence-electron chi connectivity index (χ4n) is 2.49. The maximum Gasteiger partial charge on any atom is 0.206 e. The third-order valence-corrected chi connectivity index (χ3v) is 5.79. The molecule has 0 bridgehead atoms. The summed E-state index contributed by atoms with van der Waals surface area (Å²) < 4.78 is 0. The van der Waals surface area contributed by atoms with Crippen LogP contribution in [0.15, 0.2) is 35.8 Å². The molecular formula is C16H15ClN4S2. The molecular weight excluding hydrogens is 348 g/mol. The first-order valence-electron chi connectivity index (χ1n) is 7.51. The number of hydrogen-bond donors (Lipinski definition) is 1. The Balaban J connectivity index is 1.46. The number of rotatable bonds is 6. The van der Waals surface area contributed by atoms with Crippen molar-refractivity contribution >= 4 is 39.4 Å². The van der Waals surface area contributed by atoms with Crippen molar-refractivity contribution in [2.75, 3.05) is 5.32 Å². The van der Waals surface area contributed by atoms with Crippen LogP contribution in [0.5, 0.6) is 0 Å². The summed E-state index contributed by atoms with van der Waals surface area (Å²) in [5, 5.41) is 17.9. The van der Waals surface area contributed by atoms with E-state index >= 15 is 0 Å². The summed E-state index contributed by atoms with van der Waals surface area (Å²) in [6.45, 7) is 0. The lowest BCUT2D eigenvalue weighted by Gasteiger charge is -2.14. The van der Waals surface area contributed by atoms with Gasteiger partial charge in [0.15, 0.2) is 0 Å². The van der Waals surface area contributed by atoms with E-state index in [1.165, 1.54) is 18.4 Å². The second-order valence-corrected chi connectivity index (χ2v) is 8.06. The first-order valence-corrected chi connectivity index (χ1v) is 9.58. The highest BCUT2D eigenvalue weighted by atomic mass is 35.5. The van der Waals surface area contributed by atoms with Gasteiger partial charge in [0.1, 0.15) is 10.0 Å². The molecule has 1 aliphatic rings. The summed E-state index contributed by atoms with van der Waals surface area (Å²) in [5.74, 6) is 0.671. The monoisotopic (exact) mass is 362 g/mol. The van der Waals surface area contributed by atoms with Crippen LogP contribution in [-0.2, 0) is 6.42 Å². The molecule has 7 heteroatoms. The molecule has 0 radical (unpaired) electrons. The Morgan fingerprint density at radius 2 is 2.04 bits per heavy atom. The molecule has 2 aromatic heterocycles. The molecule has 0 aliphatic heterocycles. The van der Waals surface area contributed by atoms with Gasteiger partial charge in [0.2, 0.25) is 5.13 Å². The Hall–Kier alpha value is -1.50. The molecule has 1 aliphatic carbocycles. The lowest BCUT2D eigenvalue weighted by Crippen LogP contribution is -2.12. The van der Waals surface area contributed by atoms with Gasteiger partial charge < -0.3 is 5.32 Å². The largest absolute Gasteiger partial charge is 0.351 e. The highest BCUT2D eigenvalue weighted by Crippen LogP contribution is 2.43. The lowest BCUT2D eigenvalue weighted by atomic mass is 10.2. The molecule has 3 aromatic rings. The van der Waals surface area contributed by atoms with Gasteiger partial charge in [-0.05, 0) is 36.5 Å². The van der Waals surface area contributed by atoms with Gasteiger partial charge in [0.05, 0.1) is 6.04 Å². The lowest BCUT2D eigenvalue weighted by molar-refractivity contribution is 0.671. The Morgan fingerprint density at radius 1 is 1.22 bits per heavy atom. The standard InChI is InChI=1S/C16H15ClN4S2/c17-12-5-1-10(2-6-12)9-13-20-21-16(23-13)19-14(11-3-4-11)15-18-7-8-22-15/h1-2,5-8,11,14H,3-4,9H2,(H,19,21). The fraction of sp³-hybridized carbons (Fsp3) is 0.312. The number of halogens is 1. The summed E-state index contributed by atoms with van der Waals surface area (Å²) in [4.78, 5) is 4.46. The highest BCUT2D eigenvalue weighted by molar-refractivity contribution is 7.15. The summed E-state index contributed by atoms with van der Waals surface area (Å²) in [7, 11) is 0. The Labute approximate surface area is 147 Å². The number of anilines is 1. The average molecular weight is 363 g/mol. The van der Waals surface area contributed by atoms with Crippen LogP contribution in [0.2, 0.25) is 5.02 Å². The van der Waals surface area contributed by atoms with Gasteiger partial charge in [-0.3, -0.25) is 0 Å². The van der Waals surface area contributed by atoms with Gasteiger partial charge in [0, 0.05) is 23.0 Å². The Morgan fingerprint density at radius 3 is 2.74 bits per heavy atom. The molecule has 0 saturated heterocycles. The fourth-order valence-corrected chi connectivity index (χ4v) is 4.21. The summed E-state index contributed by atoms with van der Waals surface area (Å²) in [6.07, 6.45) is 5.16. The van der Waals surface area contributed by atoms with Crippen molar-refractivity contribution in [3.63, 3.8) is 0 Å². The van der Waals surface area contributed by atoms with Crippen molar-refractivity contribution in [1.29, 1.82) is 0 Å². The Kier molecular flexibility index (Phi) is 4.29. The number of benzene rings is 1. The van der Waals surface area contributed by atoms with Crippen LogP contribution < -0.4 is 5.32 Å². The molecule has 1 unspecified atom stereocenters. The van der Waals surface area contributed by atoms with Crippen molar-refractivity contribution < 1.29 is 0 Å². The molecule has 1 aromatic carbocycles. The first-order chi connectivity index (χ1) is 11.3. The second kappa shape index (κ2) is 6.55. The minimum atomic E-state index is 0.270. The van der Waals surface area contributed by atoms with Gasteiger partial charge in [-0.1, -0.05) is 35.1 Å². The van der Waals surface area contributed by atoms with Crippen LogP contribution in [0.1, 0.15) is 34.5 Å². The normalized spacial score (nSPS) is 15.5. The predicted molar refractivity (Wildman–Crippen MR) is 95.4 cm³/mol. The van der Waals surface area contributed by atoms with Crippen molar-refractivity contribution in [3.8, 4) is 0 Å². The molecule has 118 valence electrons. The molecule has 23 heavy (non-hydrogen) atoms. The zero-order valence-corrected chi connectivity index (χ0v) is 14.7. The number of hydrogen-bond acceptors (Lipinski definition) is 6. The molecule has 4 nitrogen and oxygen atoms in total. The topological polar surface area (TPSA) is 50.7 Å². The highest BCUT2D eigenvalue weighted by Gasteiger charge is 2.34. The Bertz CT molecular complexity index is 766. The van der Waals surface area contributed by atoms with Gasteiger partial charge in [-0.2, -0.15) is 0 Å². The van der Waals surface area contributed by atoms with E-state index in [1.807, 2.05) is 35.8 Å². The minimum absolute atomic E-state index is 0.270. The number of nitrogens with zero attached hydrogens (tertiary/aromatic N) is 3. The van der Waals surface area contributed by atoms with Crippen LogP contribution in [0.4, 0.5) is 5.13 Å². The van der Waals surface area contributed by atoms with E-state index in [2.05, 4.69) is 20.5 Å². The van der Waals surface area contributed by atoms with Gasteiger partial charge in [-0.15, -0.1) is 21.5 Å². The van der Waals surface area contributed by atoms with Gasteiger partial charge in [0.25, 0.3) is 0 Å². The van der Waals surface area contributed by atoms with Crippen LogP contribution in [0, 0.1) is 5.92 Å². The predicted octanol–water partition coefficient (Wildman–Crippen LogP) is 4.80. The second-order valence-electron chi connectivity index (χ2n) is 5.63. The average Bonchev–Trinajstić information content (AvgIpc) is 3.07. The van der Waals surface area contributed by atoms with Crippen molar-refractivity contribution in [3.05, 3.63) is 56.4 Å². The summed E-state index contributed by atoms with van der Waals surface area (Å²) in [5.41, 5.74) is 1.19.